The molecule has 3 N–H and O–H groups in total. The minimum atomic E-state index is -0.403. The van der Waals surface area contributed by atoms with Crippen molar-refractivity contribution in [2.45, 2.75) is 6.42 Å². The SMILES string of the molecule is O=C(Nc1ccn(-c2cccc(CCN3C[C@H]4CNC[C@H]4C3)c2)c(=O)n1)N1CCNCC1. The van der Waals surface area contributed by atoms with E-state index in [1.807, 2.05) is 12.1 Å². The molecule has 5 rings (SSSR count). The Balaban J connectivity index is 1.21. The van der Waals surface area contributed by atoms with Crippen molar-refractivity contribution in [1.82, 2.24) is 30.0 Å². The number of carbonyl (C=O) groups is 1. The molecule has 0 spiro atoms. The third-order valence-corrected chi connectivity index (χ3v) is 6.81. The number of amides is 2. The fourth-order valence-electron chi connectivity index (χ4n) is 5.01. The third-order valence-electron chi connectivity index (χ3n) is 6.81. The maximum atomic E-state index is 12.7. The molecule has 4 heterocycles. The van der Waals surface area contributed by atoms with E-state index in [9.17, 15) is 9.59 Å². The number of rotatable bonds is 5. The van der Waals surface area contributed by atoms with Crippen molar-refractivity contribution in [3.63, 3.8) is 0 Å². The maximum absolute atomic E-state index is 12.7. The topological polar surface area (TPSA) is 94.5 Å². The summed E-state index contributed by atoms with van der Waals surface area (Å²) in [6, 6.07) is 9.52. The van der Waals surface area contributed by atoms with Crippen molar-refractivity contribution in [3.05, 3.63) is 52.6 Å². The molecule has 2 amide bonds. The van der Waals surface area contributed by atoms with Crippen molar-refractivity contribution in [3.8, 4) is 5.69 Å². The average molecular weight is 438 g/mol. The summed E-state index contributed by atoms with van der Waals surface area (Å²) in [4.78, 5) is 33.4. The minimum absolute atomic E-state index is 0.222. The van der Waals surface area contributed by atoms with Crippen LogP contribution >= 0.6 is 0 Å². The highest BCUT2D eigenvalue weighted by molar-refractivity contribution is 5.88. The first-order chi connectivity index (χ1) is 15.7. The first-order valence-electron chi connectivity index (χ1n) is 11.5. The van der Waals surface area contributed by atoms with Crippen LogP contribution in [0.15, 0.2) is 41.3 Å². The smallest absolute Gasteiger partial charge is 0.322 e. The van der Waals surface area contributed by atoms with Gasteiger partial charge in [0.15, 0.2) is 0 Å². The van der Waals surface area contributed by atoms with E-state index >= 15 is 0 Å². The van der Waals surface area contributed by atoms with Gasteiger partial charge in [-0.1, -0.05) is 12.1 Å². The number of hydrogen-bond acceptors (Lipinski definition) is 6. The molecular weight excluding hydrogens is 406 g/mol. The molecule has 3 aliphatic heterocycles. The Morgan fingerprint density at radius 1 is 1.09 bits per heavy atom. The van der Waals surface area contributed by atoms with Crippen molar-refractivity contribution in [2.24, 2.45) is 11.8 Å². The molecule has 9 heteroatoms. The second kappa shape index (κ2) is 9.40. The summed E-state index contributed by atoms with van der Waals surface area (Å²) < 4.78 is 1.52. The zero-order valence-electron chi connectivity index (χ0n) is 18.3. The van der Waals surface area contributed by atoms with Crippen LogP contribution in [0.25, 0.3) is 5.69 Å². The summed E-state index contributed by atoms with van der Waals surface area (Å²) >= 11 is 0. The van der Waals surface area contributed by atoms with Crippen LogP contribution in [0.5, 0.6) is 0 Å². The van der Waals surface area contributed by atoms with E-state index in [2.05, 4.69) is 38.0 Å². The molecule has 0 unspecified atom stereocenters. The number of fused-ring (bicyclic) bond motifs is 1. The number of piperazine rings is 1. The molecule has 9 nitrogen and oxygen atoms in total. The van der Waals surface area contributed by atoms with Crippen LogP contribution in [-0.2, 0) is 6.42 Å². The molecule has 2 aromatic rings. The third kappa shape index (κ3) is 4.69. The van der Waals surface area contributed by atoms with Gasteiger partial charge in [0.1, 0.15) is 5.82 Å². The number of nitrogens with one attached hydrogen (secondary N) is 3. The van der Waals surface area contributed by atoms with E-state index in [4.69, 9.17) is 0 Å². The summed E-state index contributed by atoms with van der Waals surface area (Å²) in [6.07, 6.45) is 2.64. The molecule has 2 atom stereocenters. The number of nitrogens with zero attached hydrogens (tertiary/aromatic N) is 4. The Bertz CT molecular complexity index is 1010. The van der Waals surface area contributed by atoms with Gasteiger partial charge in [0.05, 0.1) is 5.69 Å². The fourth-order valence-corrected chi connectivity index (χ4v) is 5.01. The van der Waals surface area contributed by atoms with Gasteiger partial charge in [-0.3, -0.25) is 9.88 Å². The van der Waals surface area contributed by atoms with E-state index in [1.165, 1.54) is 23.2 Å². The number of likely N-dealkylation sites (tertiary alicyclic amines) is 1. The normalized spacial score (nSPS) is 23.3. The number of hydrogen-bond donors (Lipinski definition) is 3. The molecule has 170 valence electrons. The lowest BCUT2D eigenvalue weighted by Gasteiger charge is -2.27. The summed E-state index contributed by atoms with van der Waals surface area (Å²) in [5.74, 6) is 1.88. The highest BCUT2D eigenvalue weighted by Crippen LogP contribution is 2.26. The summed E-state index contributed by atoms with van der Waals surface area (Å²) in [7, 11) is 0. The molecule has 0 radical (unpaired) electrons. The zero-order chi connectivity index (χ0) is 21.9. The van der Waals surface area contributed by atoms with Gasteiger partial charge in [-0.15, -0.1) is 0 Å². The quantitative estimate of drug-likeness (QED) is 0.626. The molecule has 3 aliphatic rings. The van der Waals surface area contributed by atoms with Crippen LogP contribution in [-0.4, -0.2) is 84.3 Å². The van der Waals surface area contributed by atoms with Gasteiger partial charge in [-0.2, -0.15) is 4.98 Å². The van der Waals surface area contributed by atoms with Crippen molar-refractivity contribution in [2.75, 3.05) is 64.2 Å². The Morgan fingerprint density at radius 3 is 2.62 bits per heavy atom. The average Bonchev–Trinajstić information content (AvgIpc) is 3.41. The predicted octanol–water partition coefficient (Wildman–Crippen LogP) is 0.363. The second-order valence-electron chi connectivity index (χ2n) is 8.99. The number of benzene rings is 1. The van der Waals surface area contributed by atoms with Crippen molar-refractivity contribution < 1.29 is 4.79 Å². The molecule has 1 aromatic carbocycles. The number of anilines is 1. The molecule has 3 saturated heterocycles. The molecule has 0 saturated carbocycles. The first-order valence-corrected chi connectivity index (χ1v) is 11.5. The molecule has 1 aromatic heterocycles. The number of aromatic nitrogens is 2. The van der Waals surface area contributed by atoms with Crippen LogP contribution in [0.4, 0.5) is 10.6 Å². The summed E-state index contributed by atoms with van der Waals surface area (Å²) in [6.45, 7) is 8.54. The van der Waals surface area contributed by atoms with Gasteiger partial charge in [0.25, 0.3) is 0 Å². The van der Waals surface area contributed by atoms with Gasteiger partial charge in [-0.25, -0.2) is 9.59 Å². The summed E-state index contributed by atoms with van der Waals surface area (Å²) in [5, 5.41) is 9.43. The van der Waals surface area contributed by atoms with E-state index in [1.54, 1.807) is 17.2 Å². The maximum Gasteiger partial charge on any atom is 0.354 e. The molecule has 3 fully saturated rings. The fraction of sp³-hybridized carbons (Fsp3) is 0.522. The van der Waals surface area contributed by atoms with E-state index < -0.39 is 5.69 Å². The number of urea groups is 1. The Labute approximate surface area is 187 Å². The van der Waals surface area contributed by atoms with Crippen molar-refractivity contribution in [1.29, 1.82) is 0 Å². The molecule has 32 heavy (non-hydrogen) atoms. The van der Waals surface area contributed by atoms with Crippen molar-refractivity contribution >= 4 is 11.8 Å². The Morgan fingerprint density at radius 2 is 1.88 bits per heavy atom. The van der Waals surface area contributed by atoms with Gasteiger partial charge < -0.3 is 20.4 Å². The van der Waals surface area contributed by atoms with Gasteiger partial charge in [0, 0.05) is 52.0 Å². The van der Waals surface area contributed by atoms with Crippen LogP contribution in [0.3, 0.4) is 0 Å². The van der Waals surface area contributed by atoms with E-state index in [-0.39, 0.29) is 11.8 Å². The highest BCUT2D eigenvalue weighted by Gasteiger charge is 2.35. The standard InChI is InChI=1S/C23H31N7O2/c31-22(29-10-6-24-7-11-29)26-21-5-9-30(23(32)27-21)20-3-1-2-17(12-20)4-8-28-15-18-13-25-14-19(18)16-28/h1-3,5,9,12,18-19,24-25H,4,6-8,10-11,13-16H2,(H,26,27,31,32)/t18-,19+. The monoisotopic (exact) mass is 437 g/mol. The van der Waals surface area contributed by atoms with Gasteiger partial charge >= 0.3 is 11.7 Å². The lowest BCUT2D eigenvalue weighted by molar-refractivity contribution is 0.204. The molecule has 0 bridgehead atoms. The first kappa shape index (κ1) is 21.1. The van der Waals surface area contributed by atoms with Crippen LogP contribution in [0.1, 0.15) is 5.56 Å². The highest BCUT2D eigenvalue weighted by atomic mass is 16.2. The van der Waals surface area contributed by atoms with Crippen LogP contribution < -0.4 is 21.6 Å². The lowest BCUT2D eigenvalue weighted by Crippen LogP contribution is -2.48. The second-order valence-corrected chi connectivity index (χ2v) is 8.99. The van der Waals surface area contributed by atoms with E-state index in [0.29, 0.717) is 13.1 Å². The number of carbonyl (C=O) groups excluding carboxylic acids is 1. The lowest BCUT2D eigenvalue weighted by atomic mass is 10.0. The molecular formula is C23H31N7O2. The van der Waals surface area contributed by atoms with Gasteiger partial charge in [-0.05, 0) is 55.1 Å². The predicted molar refractivity (Wildman–Crippen MR) is 123 cm³/mol. The molecule has 0 aliphatic carbocycles. The van der Waals surface area contributed by atoms with E-state index in [0.717, 1.165) is 56.7 Å². The summed E-state index contributed by atoms with van der Waals surface area (Å²) in [5.41, 5.74) is 1.60. The van der Waals surface area contributed by atoms with Gasteiger partial charge in [0.2, 0.25) is 0 Å². The zero-order valence-corrected chi connectivity index (χ0v) is 18.3. The van der Waals surface area contributed by atoms with Crippen LogP contribution in [0, 0.1) is 11.8 Å². The Hall–Kier alpha value is -2.75. The largest absolute Gasteiger partial charge is 0.354 e. The Kier molecular flexibility index (Phi) is 6.20. The van der Waals surface area contributed by atoms with Crippen LogP contribution in [0.2, 0.25) is 0 Å². The minimum Gasteiger partial charge on any atom is -0.322 e.